The van der Waals surface area contributed by atoms with Crippen LogP contribution in [0.2, 0.25) is 0 Å². The highest BCUT2D eigenvalue weighted by molar-refractivity contribution is 6.03. The van der Waals surface area contributed by atoms with Crippen LogP contribution in [-0.2, 0) is 9.63 Å². The average molecular weight is 331 g/mol. The van der Waals surface area contributed by atoms with Gasteiger partial charge in [-0.05, 0) is 25.0 Å². The van der Waals surface area contributed by atoms with Crippen molar-refractivity contribution in [1.82, 2.24) is 15.4 Å². The molecule has 3 rings (SSSR count). The molecule has 3 N–H and O–H groups in total. The van der Waals surface area contributed by atoms with E-state index in [0.717, 1.165) is 37.7 Å². The molecule has 1 aliphatic carbocycles. The molecular formula is C16H21N5O3. The minimum atomic E-state index is -0.773. The second kappa shape index (κ2) is 7.29. The normalized spacial score (nSPS) is 20.8. The molecule has 1 unspecified atom stereocenters. The number of carbonyl (C=O) groups is 2. The van der Waals surface area contributed by atoms with Crippen molar-refractivity contribution in [3.63, 3.8) is 0 Å². The van der Waals surface area contributed by atoms with Gasteiger partial charge < -0.3 is 10.6 Å². The van der Waals surface area contributed by atoms with Crippen molar-refractivity contribution in [2.24, 2.45) is 10.9 Å². The number of oxime groups is 1. The van der Waals surface area contributed by atoms with Gasteiger partial charge in [0.05, 0.1) is 11.8 Å². The second-order valence-electron chi connectivity index (χ2n) is 6.05. The highest BCUT2D eigenvalue weighted by Gasteiger charge is 2.33. The fraction of sp³-hybridized carbons (Fsp3) is 0.500. The van der Waals surface area contributed by atoms with Crippen LogP contribution >= 0.6 is 0 Å². The van der Waals surface area contributed by atoms with Crippen LogP contribution < -0.4 is 11.2 Å². The van der Waals surface area contributed by atoms with Crippen LogP contribution in [0.5, 0.6) is 0 Å². The molecule has 2 heterocycles. The van der Waals surface area contributed by atoms with Crippen LogP contribution in [0.1, 0.15) is 44.1 Å². The number of amides is 3. The molecule has 0 radical (unpaired) electrons. The summed E-state index contributed by atoms with van der Waals surface area (Å²) in [6.45, 7) is 0. The third kappa shape index (κ3) is 3.64. The van der Waals surface area contributed by atoms with Crippen LogP contribution in [0.4, 0.5) is 4.79 Å². The van der Waals surface area contributed by atoms with Gasteiger partial charge in [-0.3, -0.25) is 15.2 Å². The third-order valence-corrected chi connectivity index (χ3v) is 4.36. The van der Waals surface area contributed by atoms with E-state index in [-0.39, 0.29) is 6.04 Å². The number of pyridine rings is 1. The fourth-order valence-corrected chi connectivity index (χ4v) is 3.08. The standard InChI is InChI=1S/C16H21N5O3/c17-16(23)21(12-6-2-1-3-7-12)19-15(22)14-9-13(20-24-14)11-5-4-8-18-10-11/h4-5,8,10,12,14H,1-3,6-7,9H2,(H2,17,23)(H,19,22). The number of nitrogens with one attached hydrogen (secondary N) is 1. The molecule has 24 heavy (non-hydrogen) atoms. The molecule has 1 aliphatic heterocycles. The molecule has 0 spiro atoms. The molecule has 1 atom stereocenters. The van der Waals surface area contributed by atoms with Crippen molar-refractivity contribution in [2.45, 2.75) is 50.7 Å². The van der Waals surface area contributed by atoms with Crippen molar-refractivity contribution in [2.75, 3.05) is 0 Å². The van der Waals surface area contributed by atoms with E-state index in [1.807, 2.05) is 6.07 Å². The van der Waals surface area contributed by atoms with Gasteiger partial charge in [-0.15, -0.1) is 0 Å². The van der Waals surface area contributed by atoms with Crippen molar-refractivity contribution in [1.29, 1.82) is 0 Å². The molecule has 1 aromatic heterocycles. The summed E-state index contributed by atoms with van der Waals surface area (Å²) in [5.41, 5.74) is 9.50. The molecule has 1 aromatic rings. The Kier molecular flexibility index (Phi) is 4.93. The van der Waals surface area contributed by atoms with E-state index in [1.165, 1.54) is 5.01 Å². The molecule has 128 valence electrons. The number of rotatable bonds is 3. The highest BCUT2D eigenvalue weighted by atomic mass is 16.6. The first kappa shape index (κ1) is 16.2. The zero-order valence-electron chi connectivity index (χ0n) is 13.4. The lowest BCUT2D eigenvalue weighted by molar-refractivity contribution is -0.136. The van der Waals surface area contributed by atoms with Crippen molar-refractivity contribution >= 4 is 17.6 Å². The predicted molar refractivity (Wildman–Crippen MR) is 86.7 cm³/mol. The van der Waals surface area contributed by atoms with Gasteiger partial charge in [-0.2, -0.15) is 0 Å². The quantitative estimate of drug-likeness (QED) is 0.814. The Hall–Kier alpha value is -2.64. The minimum Gasteiger partial charge on any atom is -0.382 e. The van der Waals surface area contributed by atoms with Crippen LogP contribution in [-0.4, -0.2) is 39.8 Å². The van der Waals surface area contributed by atoms with E-state index >= 15 is 0 Å². The van der Waals surface area contributed by atoms with Gasteiger partial charge in [0.25, 0.3) is 5.91 Å². The average Bonchev–Trinajstić information content (AvgIpc) is 3.11. The monoisotopic (exact) mass is 331 g/mol. The molecule has 0 saturated heterocycles. The Balaban J connectivity index is 1.59. The largest absolute Gasteiger partial charge is 0.382 e. The third-order valence-electron chi connectivity index (χ3n) is 4.36. The van der Waals surface area contributed by atoms with Crippen molar-refractivity contribution < 1.29 is 14.4 Å². The number of aromatic nitrogens is 1. The Morgan fingerprint density at radius 2 is 2.08 bits per heavy atom. The number of nitrogens with zero attached hydrogens (tertiary/aromatic N) is 3. The Bertz CT molecular complexity index is 628. The summed E-state index contributed by atoms with van der Waals surface area (Å²) >= 11 is 0. The zero-order valence-corrected chi connectivity index (χ0v) is 13.4. The maximum atomic E-state index is 12.4. The summed E-state index contributed by atoms with van der Waals surface area (Å²) in [4.78, 5) is 33.3. The number of nitrogens with two attached hydrogens (primary N) is 1. The van der Waals surface area contributed by atoms with Crippen LogP contribution in [0.15, 0.2) is 29.7 Å². The van der Waals surface area contributed by atoms with Crippen LogP contribution in [0.25, 0.3) is 0 Å². The van der Waals surface area contributed by atoms with E-state index < -0.39 is 18.0 Å². The molecule has 0 bridgehead atoms. The maximum Gasteiger partial charge on any atom is 0.333 e. The number of primary amides is 1. The maximum absolute atomic E-state index is 12.4. The predicted octanol–water partition coefficient (Wildman–Crippen LogP) is 1.32. The second-order valence-corrected chi connectivity index (χ2v) is 6.05. The summed E-state index contributed by atoms with van der Waals surface area (Å²) in [5, 5.41) is 5.20. The number of hydrogen-bond acceptors (Lipinski definition) is 5. The molecule has 1 fully saturated rings. The first-order valence-electron chi connectivity index (χ1n) is 8.17. The lowest BCUT2D eigenvalue weighted by atomic mass is 9.95. The summed E-state index contributed by atoms with van der Waals surface area (Å²) in [6, 6.07) is 2.94. The number of urea groups is 1. The van der Waals surface area contributed by atoms with E-state index in [2.05, 4.69) is 15.6 Å². The SMILES string of the molecule is NC(=O)N(NC(=O)C1CC(c2cccnc2)=NO1)C1CCCCC1. The van der Waals surface area contributed by atoms with Gasteiger partial charge in [0, 0.05) is 24.4 Å². The molecule has 0 aromatic carbocycles. The van der Waals surface area contributed by atoms with E-state index in [9.17, 15) is 9.59 Å². The fourth-order valence-electron chi connectivity index (χ4n) is 3.08. The van der Waals surface area contributed by atoms with E-state index in [4.69, 9.17) is 10.6 Å². The van der Waals surface area contributed by atoms with Crippen LogP contribution in [0.3, 0.4) is 0 Å². The minimum absolute atomic E-state index is 0.0553. The molecule has 1 saturated carbocycles. The topological polar surface area (TPSA) is 110 Å². The van der Waals surface area contributed by atoms with Crippen molar-refractivity contribution in [3.05, 3.63) is 30.1 Å². The van der Waals surface area contributed by atoms with Gasteiger partial charge in [-0.1, -0.05) is 24.4 Å². The summed E-state index contributed by atoms with van der Waals surface area (Å²) in [5.74, 6) is -0.415. The molecule has 3 amide bonds. The molecule has 2 aliphatic rings. The Morgan fingerprint density at radius 3 is 2.75 bits per heavy atom. The summed E-state index contributed by atoms with van der Waals surface area (Å²) < 4.78 is 0. The highest BCUT2D eigenvalue weighted by Crippen LogP contribution is 2.22. The van der Waals surface area contributed by atoms with E-state index in [1.54, 1.807) is 18.5 Å². The van der Waals surface area contributed by atoms with Gasteiger partial charge in [0.1, 0.15) is 0 Å². The van der Waals surface area contributed by atoms with Gasteiger partial charge in [0.15, 0.2) is 0 Å². The Labute approximate surface area is 140 Å². The number of hydrazine groups is 1. The van der Waals surface area contributed by atoms with Crippen LogP contribution in [0, 0.1) is 0 Å². The lowest BCUT2D eigenvalue weighted by Gasteiger charge is -2.33. The summed E-state index contributed by atoms with van der Waals surface area (Å²) in [6.07, 6.45) is 7.76. The van der Waals surface area contributed by atoms with Gasteiger partial charge in [0.2, 0.25) is 6.10 Å². The van der Waals surface area contributed by atoms with E-state index in [0.29, 0.717) is 12.1 Å². The zero-order chi connectivity index (χ0) is 16.9. The lowest BCUT2D eigenvalue weighted by Crippen LogP contribution is -2.56. The molecule has 8 heteroatoms. The summed E-state index contributed by atoms with van der Waals surface area (Å²) in [7, 11) is 0. The van der Waals surface area contributed by atoms with Gasteiger partial charge in [-0.25, -0.2) is 9.80 Å². The number of carbonyl (C=O) groups excluding carboxylic acids is 2. The van der Waals surface area contributed by atoms with Gasteiger partial charge >= 0.3 is 6.03 Å². The molecule has 8 nitrogen and oxygen atoms in total. The molecular weight excluding hydrogens is 310 g/mol. The Morgan fingerprint density at radius 1 is 1.29 bits per heavy atom. The smallest absolute Gasteiger partial charge is 0.333 e. The first-order valence-corrected chi connectivity index (χ1v) is 8.17. The number of hydrogen-bond donors (Lipinski definition) is 2. The first-order chi connectivity index (χ1) is 11.6. The van der Waals surface area contributed by atoms with Crippen molar-refractivity contribution in [3.8, 4) is 0 Å².